The van der Waals surface area contributed by atoms with Gasteiger partial charge in [-0.1, -0.05) is 139 Å². The lowest BCUT2D eigenvalue weighted by molar-refractivity contribution is 0.0898. The molecule has 3 atom stereocenters. The van der Waals surface area contributed by atoms with Gasteiger partial charge >= 0.3 is 0 Å². The molecule has 30 heteroatoms. The van der Waals surface area contributed by atoms with Crippen molar-refractivity contribution < 1.29 is 14.2 Å². The molecule has 0 spiro atoms. The minimum atomic E-state index is -1.09. The number of hydrogen-bond donors (Lipinski definition) is 2. The molecule has 0 radical (unpaired) electrons. The van der Waals surface area contributed by atoms with Crippen LogP contribution in [0.1, 0.15) is 139 Å². The molecule has 0 amide bonds. The van der Waals surface area contributed by atoms with E-state index in [9.17, 15) is 0 Å². The Bertz CT molecular complexity index is 4590. The van der Waals surface area contributed by atoms with Crippen molar-refractivity contribution in [1.29, 1.82) is 21.0 Å². The van der Waals surface area contributed by atoms with E-state index in [4.69, 9.17) is 35.3 Å². The quantitative estimate of drug-likeness (QED) is 0.0305. The summed E-state index contributed by atoms with van der Waals surface area (Å²) in [5, 5.41) is 58.0. The molecule has 12 aromatic heterocycles. The molecule has 0 aliphatic carbocycles. The van der Waals surface area contributed by atoms with Crippen molar-refractivity contribution >= 4 is 68.4 Å². The summed E-state index contributed by atoms with van der Waals surface area (Å²) in [4.78, 5) is 38.1. The summed E-state index contributed by atoms with van der Waals surface area (Å²) in [6.45, 7) is 32.7. The zero-order valence-corrected chi connectivity index (χ0v) is 62.5. The topological polar surface area (TPSA) is 339 Å². The Hall–Kier alpha value is -10.4. The maximum absolute atomic E-state index is 8.87. The molecule has 12 heterocycles. The Kier molecular flexibility index (Phi) is 46.7. The second-order valence-corrected chi connectivity index (χ2v) is 44.5. The summed E-state index contributed by atoms with van der Waals surface area (Å²) < 4.78 is 29.0. The molecule has 0 saturated heterocycles. The first kappa shape index (κ1) is 104. The third-order valence-corrected chi connectivity index (χ3v) is 21.0. The van der Waals surface area contributed by atoms with Crippen LogP contribution in [0.5, 0.6) is 0 Å². The number of aromatic amines is 2. The van der Waals surface area contributed by atoms with E-state index in [1.165, 1.54) is 18.4 Å². The van der Waals surface area contributed by atoms with E-state index >= 15 is 0 Å². The average Bonchev–Trinajstić information content (AvgIpc) is 1.65. The van der Waals surface area contributed by atoms with Gasteiger partial charge in [-0.15, -0.1) is 0 Å². The Morgan fingerprint density at radius 3 is 1.05 bits per heavy atom. The molecule has 0 aromatic carbocycles. The normalized spacial score (nSPS) is 11.3. The third kappa shape index (κ3) is 29.5. The molecular formula is C80H130N24O3Si3. The molecule has 2 N–H and O–H groups in total. The number of fused-ring (bicyclic) bond motifs is 4. The number of hydrogen-bond acceptors (Lipinski definition) is 19. The molecule has 0 aliphatic heterocycles. The van der Waals surface area contributed by atoms with Crippen LogP contribution >= 0.6 is 0 Å². The van der Waals surface area contributed by atoms with Gasteiger partial charge in [0.05, 0.1) is 109 Å². The second-order valence-electron chi connectivity index (χ2n) is 27.6. The van der Waals surface area contributed by atoms with Gasteiger partial charge < -0.3 is 32.9 Å². The van der Waals surface area contributed by atoms with E-state index in [1.54, 1.807) is 54.5 Å². The molecule has 27 nitrogen and oxygen atoms in total. The van der Waals surface area contributed by atoms with Crippen LogP contribution < -0.4 is 0 Å². The van der Waals surface area contributed by atoms with Gasteiger partial charge in [0, 0.05) is 143 Å². The van der Waals surface area contributed by atoms with Crippen molar-refractivity contribution in [2.75, 3.05) is 19.8 Å². The molecule has 110 heavy (non-hydrogen) atoms. The van der Waals surface area contributed by atoms with Gasteiger partial charge in [-0.25, -0.2) is 39.9 Å². The molecule has 0 fully saturated rings. The van der Waals surface area contributed by atoms with Crippen LogP contribution in [0.15, 0.2) is 136 Å². The summed E-state index contributed by atoms with van der Waals surface area (Å²) in [6, 6.07) is 19.9. The highest BCUT2D eigenvalue weighted by atomic mass is 28.3. The average molecular weight is 1560 g/mol. The van der Waals surface area contributed by atoms with Crippen molar-refractivity contribution in [3.8, 4) is 69.3 Å². The fourth-order valence-corrected chi connectivity index (χ4v) is 12.2. The van der Waals surface area contributed by atoms with Gasteiger partial charge in [0.2, 0.25) is 0 Å². The molecule has 12 aromatic rings. The minimum absolute atomic E-state index is 0. The standard InChI is InChI=1S/2C19H26N6OSi.C15H21N5OSi.C13H12N6.C4H5N.10CH4/c2*1-15(5-7-20)25-12-16(11-23-25)18-17-6-8-24(19(17)22-13-21-18)14-26-9-10-27(2,3)4;1-22(2,3)7-6-21-11-20-5-4-13-14(12-8-18-19-9-12)16-10-17-15(13)20;1-9(2-4-14)19-7-10(6-18-19)12-11-3-5-15-13(11)17-8-16-12;1-2-3-4-5;;;;;;;;;;/h2*6,8,11-13,15H,5,9-10,14H2,1-4H3;4-5,8-10H,6-7,11H2,1-3H3,(H,18,19);3,5-9H,2H2,1H3,(H,15,16,17);2-3H,1H3;10*1H4/b;;;;3-2+;;;;;;;;;;/t15-;;;9-;;;;;;;;;;;/m0..0.........../s1. The molecule has 1 unspecified atom stereocenters. The summed E-state index contributed by atoms with van der Waals surface area (Å²) in [5.74, 6) is 0. The van der Waals surface area contributed by atoms with E-state index in [0.29, 0.717) is 39.5 Å². The van der Waals surface area contributed by atoms with Crippen LogP contribution in [0.4, 0.5) is 0 Å². The molecule has 600 valence electrons. The number of nitrogens with zero attached hydrogens (tertiary/aromatic N) is 22. The molecular weight excluding hydrogens is 1430 g/mol. The van der Waals surface area contributed by atoms with Crippen LogP contribution in [-0.2, 0) is 34.4 Å². The predicted molar refractivity (Wildman–Crippen MR) is 463 cm³/mol. The number of nitriles is 4. The Labute approximate surface area is 660 Å². The summed E-state index contributed by atoms with van der Waals surface area (Å²) in [7, 11) is -3.23. The van der Waals surface area contributed by atoms with Crippen LogP contribution in [-0.4, -0.2) is 142 Å². The van der Waals surface area contributed by atoms with E-state index in [2.05, 4.69) is 147 Å². The van der Waals surface area contributed by atoms with Crippen LogP contribution in [0.3, 0.4) is 0 Å². The van der Waals surface area contributed by atoms with Crippen molar-refractivity contribution in [2.24, 2.45) is 0 Å². The van der Waals surface area contributed by atoms with Gasteiger partial charge in [0.25, 0.3) is 0 Å². The van der Waals surface area contributed by atoms with Crippen LogP contribution in [0.2, 0.25) is 77.1 Å². The second kappa shape index (κ2) is 49.6. The first-order chi connectivity index (χ1) is 48.0. The SMILES string of the molecule is C.C.C.C.C.C.C.C.C.C.C/C=C/C#N.CC(CC#N)n1cc(-c2ncnc3c2ccn3COCC[Si](C)(C)C)cn1.C[C@@H](CC#N)n1cc(-c2ncnc3[nH]ccc23)cn1.C[C@@H](CC#N)n1cc(-c2ncnc3c2ccn3COCC[Si](C)(C)C)cn1.C[Si](C)(C)CCOCn1ccc2c(-c3cn[nH]c3)ncnc21. The van der Waals surface area contributed by atoms with E-state index in [1.807, 2.05) is 131 Å². The number of allylic oxidation sites excluding steroid dienone is 2. The Morgan fingerprint density at radius 2 is 0.764 bits per heavy atom. The number of rotatable bonds is 25. The summed E-state index contributed by atoms with van der Waals surface area (Å²) in [5.41, 5.74) is 10.6. The van der Waals surface area contributed by atoms with Crippen molar-refractivity contribution in [2.45, 2.75) is 237 Å². The zero-order chi connectivity index (χ0) is 71.8. The first-order valence-corrected chi connectivity index (χ1v) is 44.3. The van der Waals surface area contributed by atoms with Gasteiger partial charge in [-0.05, 0) is 70.1 Å². The Balaban J connectivity index is -0.00000133. The van der Waals surface area contributed by atoms with Gasteiger partial charge in [0.1, 0.15) is 68.1 Å². The highest BCUT2D eigenvalue weighted by Crippen LogP contribution is 2.31. The van der Waals surface area contributed by atoms with Crippen molar-refractivity contribution in [3.63, 3.8) is 0 Å². The van der Waals surface area contributed by atoms with Gasteiger partial charge in [-0.2, -0.15) is 41.4 Å². The molecule has 0 saturated carbocycles. The highest BCUT2D eigenvalue weighted by Gasteiger charge is 2.20. The Morgan fingerprint density at radius 1 is 0.436 bits per heavy atom. The van der Waals surface area contributed by atoms with Gasteiger partial charge in [-0.3, -0.25) is 19.1 Å². The fourth-order valence-electron chi connectivity index (χ4n) is 9.98. The lowest BCUT2D eigenvalue weighted by Gasteiger charge is -2.15. The van der Waals surface area contributed by atoms with Crippen LogP contribution in [0, 0.1) is 45.3 Å². The van der Waals surface area contributed by atoms with Gasteiger partial charge in [0.15, 0.2) is 0 Å². The lowest BCUT2D eigenvalue weighted by Crippen LogP contribution is -2.22. The smallest absolute Gasteiger partial charge is 0.145 e. The molecule has 0 aliphatic rings. The third-order valence-electron chi connectivity index (χ3n) is 15.9. The first-order valence-electron chi connectivity index (χ1n) is 33.2. The monoisotopic (exact) mass is 1560 g/mol. The minimum Gasteiger partial charge on any atom is -0.361 e. The molecule has 0 bridgehead atoms. The van der Waals surface area contributed by atoms with Crippen LogP contribution in [0.25, 0.3) is 89.2 Å². The number of nitrogens with one attached hydrogen (secondary N) is 2. The summed E-state index contributed by atoms with van der Waals surface area (Å²) in [6.07, 6.45) is 33.2. The van der Waals surface area contributed by atoms with Crippen molar-refractivity contribution in [1.82, 2.24) is 98.1 Å². The van der Waals surface area contributed by atoms with E-state index < -0.39 is 24.2 Å². The summed E-state index contributed by atoms with van der Waals surface area (Å²) >= 11 is 0. The van der Waals surface area contributed by atoms with E-state index in [-0.39, 0.29) is 92.4 Å². The maximum atomic E-state index is 8.87. The molecule has 12 rings (SSSR count). The predicted octanol–water partition coefficient (Wildman–Crippen LogP) is 21.0. The maximum Gasteiger partial charge on any atom is 0.145 e. The highest BCUT2D eigenvalue weighted by molar-refractivity contribution is 6.76. The zero-order valence-electron chi connectivity index (χ0n) is 59.5. The lowest BCUT2D eigenvalue weighted by atomic mass is 10.2. The van der Waals surface area contributed by atoms with E-state index in [0.717, 1.165) is 121 Å². The number of aromatic nitrogens is 20. The largest absolute Gasteiger partial charge is 0.361 e. The number of H-pyrrole nitrogens is 2. The fraction of sp³-hybridized carbons (Fsp3) is 0.475. The number of ether oxygens (including phenoxy) is 3. The van der Waals surface area contributed by atoms with Crippen molar-refractivity contribution in [3.05, 3.63) is 136 Å².